The number of hydrazone groups is 1. The molecule has 3 nitrogen and oxygen atoms in total. The number of fused-ring (bicyclic) bond motifs is 1. The van der Waals surface area contributed by atoms with Crippen molar-refractivity contribution in [3.63, 3.8) is 0 Å². The molecule has 6 heteroatoms. The van der Waals surface area contributed by atoms with Gasteiger partial charge in [0, 0.05) is 4.88 Å². The molecule has 0 saturated carbocycles. The number of aryl methyl sites for hydroxylation is 2. The predicted octanol–water partition coefficient (Wildman–Crippen LogP) is 3.28. The number of halogens is 2. The van der Waals surface area contributed by atoms with Crippen LogP contribution < -0.4 is 5.43 Å². The van der Waals surface area contributed by atoms with E-state index in [9.17, 15) is 13.6 Å². The van der Waals surface area contributed by atoms with Crippen LogP contribution in [-0.4, -0.2) is 12.1 Å². The third kappa shape index (κ3) is 2.85. The van der Waals surface area contributed by atoms with E-state index >= 15 is 0 Å². The zero-order valence-corrected chi connectivity index (χ0v) is 11.8. The van der Waals surface area contributed by atoms with E-state index in [1.165, 1.54) is 27.8 Å². The van der Waals surface area contributed by atoms with E-state index in [4.69, 9.17) is 0 Å². The Hall–Kier alpha value is -2.08. The third-order valence-corrected chi connectivity index (χ3v) is 4.57. The molecule has 21 heavy (non-hydrogen) atoms. The highest BCUT2D eigenvalue weighted by atomic mass is 32.1. The van der Waals surface area contributed by atoms with Crippen molar-refractivity contribution in [2.24, 2.45) is 5.10 Å². The number of nitrogens with one attached hydrogen (secondary N) is 1. The van der Waals surface area contributed by atoms with Crippen molar-refractivity contribution in [3.05, 3.63) is 56.8 Å². The molecule has 1 amide bonds. The lowest BCUT2D eigenvalue weighted by Gasteiger charge is -1.99. The van der Waals surface area contributed by atoms with E-state index in [0.717, 1.165) is 37.6 Å². The van der Waals surface area contributed by atoms with E-state index in [2.05, 4.69) is 10.5 Å². The standard InChI is InChI=1S/C15H12F2N2OS/c16-11-4-2-5-12(17)10(11)8-18-19-15(20)14-7-9-3-1-6-13(9)21-14/h2,4-5,7-8H,1,3,6H2,(H,19,20)/b18-8-. The van der Waals surface area contributed by atoms with Gasteiger partial charge in [-0.1, -0.05) is 6.07 Å². The van der Waals surface area contributed by atoms with Gasteiger partial charge in [-0.25, -0.2) is 14.2 Å². The minimum absolute atomic E-state index is 0.272. The normalized spacial score (nSPS) is 13.6. The maximum Gasteiger partial charge on any atom is 0.281 e. The minimum Gasteiger partial charge on any atom is -0.266 e. The molecule has 0 unspecified atom stereocenters. The summed E-state index contributed by atoms with van der Waals surface area (Å²) in [6.07, 6.45) is 4.12. The van der Waals surface area contributed by atoms with Gasteiger partial charge in [0.25, 0.3) is 5.91 Å². The van der Waals surface area contributed by atoms with Crippen molar-refractivity contribution in [3.8, 4) is 0 Å². The number of hydrogen-bond acceptors (Lipinski definition) is 3. The third-order valence-electron chi connectivity index (χ3n) is 3.33. The molecule has 0 spiro atoms. The monoisotopic (exact) mass is 306 g/mol. The molecule has 1 aliphatic carbocycles. The first-order valence-corrected chi connectivity index (χ1v) is 7.36. The van der Waals surface area contributed by atoms with Crippen LogP contribution in [0.25, 0.3) is 0 Å². The lowest BCUT2D eigenvalue weighted by atomic mass is 10.2. The molecule has 1 N–H and O–H groups in total. The van der Waals surface area contributed by atoms with E-state index in [-0.39, 0.29) is 11.5 Å². The van der Waals surface area contributed by atoms with Gasteiger partial charge in [-0.15, -0.1) is 11.3 Å². The Bertz CT molecular complexity index is 683. The second-order valence-corrected chi connectivity index (χ2v) is 5.88. The second-order valence-electron chi connectivity index (χ2n) is 4.75. The Morgan fingerprint density at radius 2 is 2.05 bits per heavy atom. The van der Waals surface area contributed by atoms with Crippen LogP contribution in [0.2, 0.25) is 0 Å². The summed E-state index contributed by atoms with van der Waals surface area (Å²) < 4.78 is 26.7. The van der Waals surface area contributed by atoms with E-state index in [1.54, 1.807) is 0 Å². The van der Waals surface area contributed by atoms with Gasteiger partial charge in [0.2, 0.25) is 0 Å². The fourth-order valence-corrected chi connectivity index (χ4v) is 3.43. The molecule has 3 rings (SSSR count). The Morgan fingerprint density at radius 1 is 1.29 bits per heavy atom. The number of hydrogen-bond donors (Lipinski definition) is 1. The van der Waals surface area contributed by atoms with Gasteiger partial charge >= 0.3 is 0 Å². The number of thiophene rings is 1. The van der Waals surface area contributed by atoms with E-state index in [1.807, 2.05) is 6.07 Å². The molecule has 0 aliphatic heterocycles. The lowest BCUT2D eigenvalue weighted by molar-refractivity contribution is 0.0959. The minimum atomic E-state index is -0.719. The summed E-state index contributed by atoms with van der Waals surface area (Å²) in [5.41, 5.74) is 3.24. The molecule has 0 radical (unpaired) electrons. The van der Waals surface area contributed by atoms with Gasteiger partial charge in [-0.3, -0.25) is 4.79 Å². The van der Waals surface area contributed by atoms with Crippen LogP contribution in [0, 0.1) is 11.6 Å². The summed E-state index contributed by atoms with van der Waals surface area (Å²) in [5, 5.41) is 3.62. The van der Waals surface area contributed by atoms with Gasteiger partial charge in [0.1, 0.15) is 11.6 Å². The first-order chi connectivity index (χ1) is 10.1. The molecule has 0 saturated heterocycles. The molecule has 0 atom stereocenters. The van der Waals surface area contributed by atoms with Crippen molar-refractivity contribution in [2.75, 3.05) is 0 Å². The van der Waals surface area contributed by atoms with Gasteiger partial charge in [0.15, 0.2) is 0 Å². The Balaban J connectivity index is 1.69. The van der Waals surface area contributed by atoms with Crippen molar-refractivity contribution in [2.45, 2.75) is 19.3 Å². The molecule has 1 heterocycles. The fourth-order valence-electron chi connectivity index (χ4n) is 2.29. The SMILES string of the molecule is O=C(N/N=C\c1c(F)cccc1F)c1cc2c(s1)CCC2. The molecule has 1 aromatic carbocycles. The van der Waals surface area contributed by atoms with Crippen LogP contribution >= 0.6 is 11.3 Å². The number of benzene rings is 1. The van der Waals surface area contributed by atoms with Crippen molar-refractivity contribution in [1.82, 2.24) is 5.43 Å². The van der Waals surface area contributed by atoms with Gasteiger partial charge < -0.3 is 0 Å². The van der Waals surface area contributed by atoms with Crippen LogP contribution in [0.4, 0.5) is 8.78 Å². The van der Waals surface area contributed by atoms with Crippen LogP contribution in [0.5, 0.6) is 0 Å². The Morgan fingerprint density at radius 3 is 2.76 bits per heavy atom. The summed E-state index contributed by atoms with van der Waals surface area (Å²) in [4.78, 5) is 13.7. The summed E-state index contributed by atoms with van der Waals surface area (Å²) in [7, 11) is 0. The lowest BCUT2D eigenvalue weighted by Crippen LogP contribution is -2.16. The van der Waals surface area contributed by atoms with E-state index < -0.39 is 11.6 Å². The summed E-state index contributed by atoms with van der Waals surface area (Å²) in [6.45, 7) is 0. The summed E-state index contributed by atoms with van der Waals surface area (Å²) in [5.74, 6) is -1.80. The number of amides is 1. The zero-order chi connectivity index (χ0) is 14.8. The number of carbonyl (C=O) groups is 1. The average molecular weight is 306 g/mol. The predicted molar refractivity (Wildman–Crippen MR) is 77.8 cm³/mol. The number of nitrogens with zero attached hydrogens (tertiary/aromatic N) is 1. The topological polar surface area (TPSA) is 41.5 Å². The van der Waals surface area contributed by atoms with Crippen molar-refractivity contribution >= 4 is 23.5 Å². The van der Waals surface area contributed by atoms with Gasteiger partial charge in [-0.2, -0.15) is 5.10 Å². The first-order valence-electron chi connectivity index (χ1n) is 6.54. The van der Waals surface area contributed by atoms with Crippen LogP contribution in [0.1, 0.15) is 32.1 Å². The summed E-state index contributed by atoms with van der Waals surface area (Å²) >= 11 is 1.45. The highest BCUT2D eigenvalue weighted by Gasteiger charge is 2.18. The number of rotatable bonds is 3. The second kappa shape index (κ2) is 5.73. The fraction of sp³-hybridized carbons (Fsp3) is 0.200. The molecule has 0 bridgehead atoms. The van der Waals surface area contributed by atoms with Crippen LogP contribution in [-0.2, 0) is 12.8 Å². The first kappa shape index (κ1) is 13.9. The molecule has 0 fully saturated rings. The van der Waals surface area contributed by atoms with Crippen LogP contribution in [0.3, 0.4) is 0 Å². The average Bonchev–Trinajstić information content (AvgIpc) is 3.03. The molecule has 1 aliphatic rings. The number of carbonyl (C=O) groups excluding carboxylic acids is 1. The molecule has 108 valence electrons. The maximum atomic E-state index is 13.4. The molecule has 2 aromatic rings. The van der Waals surface area contributed by atoms with Gasteiger partial charge in [0.05, 0.1) is 16.7 Å². The zero-order valence-electron chi connectivity index (χ0n) is 11.0. The summed E-state index contributed by atoms with van der Waals surface area (Å²) in [6, 6.07) is 5.40. The largest absolute Gasteiger partial charge is 0.281 e. The van der Waals surface area contributed by atoms with E-state index in [0.29, 0.717) is 4.88 Å². The van der Waals surface area contributed by atoms with Crippen molar-refractivity contribution in [1.29, 1.82) is 0 Å². The van der Waals surface area contributed by atoms with Crippen molar-refractivity contribution < 1.29 is 13.6 Å². The Labute approximate surface area is 124 Å². The molecular formula is C15H12F2N2OS. The quantitative estimate of drug-likeness (QED) is 0.686. The maximum absolute atomic E-state index is 13.4. The molecule has 1 aromatic heterocycles. The smallest absolute Gasteiger partial charge is 0.266 e. The Kier molecular flexibility index (Phi) is 3.79. The highest BCUT2D eigenvalue weighted by Crippen LogP contribution is 2.30. The molecular weight excluding hydrogens is 294 g/mol. The highest BCUT2D eigenvalue weighted by molar-refractivity contribution is 7.14. The van der Waals surface area contributed by atoms with Crippen LogP contribution in [0.15, 0.2) is 29.4 Å². The van der Waals surface area contributed by atoms with Gasteiger partial charge in [-0.05, 0) is 43.0 Å².